The van der Waals surface area contributed by atoms with Gasteiger partial charge in [-0.15, -0.1) is 0 Å². The minimum atomic E-state index is -1.21. The number of hydrogen-bond donors (Lipinski definition) is 4. The van der Waals surface area contributed by atoms with Gasteiger partial charge in [0.2, 0.25) is 0 Å². The average Bonchev–Trinajstić information content (AvgIpc) is 3.46. The van der Waals surface area contributed by atoms with Crippen molar-refractivity contribution in [1.82, 2.24) is 19.9 Å². The molecule has 0 radical (unpaired) electrons. The highest BCUT2D eigenvalue weighted by Crippen LogP contribution is 2.36. The van der Waals surface area contributed by atoms with E-state index in [9.17, 15) is 19.8 Å². The molecule has 32 heavy (non-hydrogen) atoms. The molecule has 2 aromatic heterocycles. The highest BCUT2D eigenvalue weighted by molar-refractivity contribution is 5.92. The summed E-state index contributed by atoms with van der Waals surface area (Å²) in [6.45, 7) is 0. The lowest BCUT2D eigenvalue weighted by Crippen LogP contribution is -2.13. The summed E-state index contributed by atoms with van der Waals surface area (Å²) in [4.78, 5) is 37.9. The Kier molecular flexibility index (Phi) is 4.85. The molecule has 162 valence electrons. The Balaban J connectivity index is 1.63. The first-order valence-electron chi connectivity index (χ1n) is 10.3. The van der Waals surface area contributed by atoms with Crippen LogP contribution in [0.25, 0.3) is 33.7 Å². The SMILES string of the molecule is O=C(O)c1cc(-c2ccc(-c3nc4[nH]cnc4c(=O)[nH]3)c(OC3CCCC3)c2)ccc1O. The smallest absolute Gasteiger partial charge is 0.339 e. The van der Waals surface area contributed by atoms with Gasteiger partial charge in [-0.2, -0.15) is 0 Å². The van der Waals surface area contributed by atoms with Gasteiger partial charge in [-0.3, -0.25) is 4.79 Å². The van der Waals surface area contributed by atoms with Crippen molar-refractivity contribution < 1.29 is 19.7 Å². The van der Waals surface area contributed by atoms with Crippen molar-refractivity contribution in [1.29, 1.82) is 0 Å². The molecule has 1 fully saturated rings. The summed E-state index contributed by atoms with van der Waals surface area (Å²) in [5.74, 6) is -0.613. The van der Waals surface area contributed by atoms with Gasteiger partial charge in [0.15, 0.2) is 11.2 Å². The molecule has 0 amide bonds. The Hall–Kier alpha value is -4.14. The quantitative estimate of drug-likeness (QED) is 0.377. The Morgan fingerprint density at radius 2 is 1.84 bits per heavy atom. The number of benzene rings is 2. The van der Waals surface area contributed by atoms with Gasteiger partial charge in [0, 0.05) is 0 Å². The number of hydrogen-bond acceptors (Lipinski definition) is 6. The third kappa shape index (κ3) is 3.58. The molecule has 0 spiro atoms. The summed E-state index contributed by atoms with van der Waals surface area (Å²) in [7, 11) is 0. The Morgan fingerprint density at radius 1 is 1.09 bits per heavy atom. The van der Waals surface area contributed by atoms with Crippen LogP contribution in [-0.2, 0) is 0 Å². The van der Waals surface area contributed by atoms with Gasteiger partial charge in [-0.25, -0.2) is 14.8 Å². The fourth-order valence-electron chi connectivity index (χ4n) is 4.04. The third-order valence-corrected chi connectivity index (χ3v) is 5.68. The van der Waals surface area contributed by atoms with Crippen LogP contribution in [0.15, 0.2) is 47.5 Å². The zero-order valence-electron chi connectivity index (χ0n) is 17.0. The predicted molar refractivity (Wildman–Crippen MR) is 117 cm³/mol. The number of nitrogens with one attached hydrogen (secondary N) is 2. The van der Waals surface area contributed by atoms with E-state index < -0.39 is 5.97 Å². The van der Waals surface area contributed by atoms with Crippen molar-refractivity contribution in [2.45, 2.75) is 31.8 Å². The van der Waals surface area contributed by atoms with E-state index in [0.717, 1.165) is 25.7 Å². The van der Waals surface area contributed by atoms with Gasteiger partial charge < -0.3 is 24.9 Å². The van der Waals surface area contributed by atoms with E-state index in [1.165, 1.54) is 18.5 Å². The lowest BCUT2D eigenvalue weighted by atomic mass is 10.00. The van der Waals surface area contributed by atoms with Gasteiger partial charge in [-0.05, 0) is 61.1 Å². The maximum atomic E-state index is 12.4. The molecule has 1 aliphatic carbocycles. The van der Waals surface area contributed by atoms with Gasteiger partial charge in [-0.1, -0.05) is 12.1 Å². The molecule has 1 aliphatic rings. The number of aromatic hydroxyl groups is 1. The van der Waals surface area contributed by atoms with Gasteiger partial charge >= 0.3 is 5.97 Å². The molecular formula is C23H20N4O5. The van der Waals surface area contributed by atoms with E-state index in [-0.39, 0.29) is 28.5 Å². The lowest BCUT2D eigenvalue weighted by Gasteiger charge is -2.18. The topological polar surface area (TPSA) is 141 Å². The normalized spacial score (nSPS) is 14.1. The first-order valence-corrected chi connectivity index (χ1v) is 10.3. The van der Waals surface area contributed by atoms with Crippen LogP contribution in [0.2, 0.25) is 0 Å². The second kappa shape index (κ2) is 7.84. The number of H-pyrrole nitrogens is 2. The number of imidazole rings is 1. The van der Waals surface area contributed by atoms with Crippen molar-refractivity contribution in [3.8, 4) is 34.0 Å². The van der Waals surface area contributed by atoms with Crippen LogP contribution in [0, 0.1) is 0 Å². The Morgan fingerprint density at radius 3 is 2.62 bits per heavy atom. The molecule has 0 aliphatic heterocycles. The standard InChI is InChI=1S/C23H20N4O5/c28-17-8-6-12(9-16(17)23(30)31)13-5-7-15(18(10-13)32-14-3-1-2-4-14)20-26-21-19(22(29)27-20)24-11-25-21/h5-11,14,28H,1-4H2,(H,30,31)(H2,24,25,26,27,29). The molecule has 2 heterocycles. The van der Waals surface area contributed by atoms with Crippen LogP contribution < -0.4 is 10.3 Å². The first-order chi connectivity index (χ1) is 15.5. The number of carboxylic acids is 1. The minimum Gasteiger partial charge on any atom is -0.507 e. The first kappa shape index (κ1) is 19.8. The molecule has 2 aromatic carbocycles. The Bertz CT molecular complexity index is 1380. The maximum Gasteiger partial charge on any atom is 0.339 e. The van der Waals surface area contributed by atoms with Crippen LogP contribution >= 0.6 is 0 Å². The number of aromatic nitrogens is 4. The molecule has 0 unspecified atom stereocenters. The van der Waals surface area contributed by atoms with Crippen LogP contribution in [0.5, 0.6) is 11.5 Å². The summed E-state index contributed by atoms with van der Waals surface area (Å²) in [5.41, 5.74) is 2.03. The second-order valence-electron chi connectivity index (χ2n) is 7.79. The molecule has 1 saturated carbocycles. The summed E-state index contributed by atoms with van der Waals surface area (Å²) in [6, 6.07) is 9.81. The van der Waals surface area contributed by atoms with E-state index in [4.69, 9.17) is 4.74 Å². The van der Waals surface area contributed by atoms with E-state index >= 15 is 0 Å². The third-order valence-electron chi connectivity index (χ3n) is 5.68. The van der Waals surface area contributed by atoms with Crippen LogP contribution in [0.4, 0.5) is 0 Å². The molecule has 4 aromatic rings. The largest absolute Gasteiger partial charge is 0.507 e. The zero-order valence-corrected chi connectivity index (χ0v) is 17.0. The molecule has 0 bridgehead atoms. The zero-order chi connectivity index (χ0) is 22.2. The van der Waals surface area contributed by atoms with Crippen LogP contribution in [0.3, 0.4) is 0 Å². The number of phenols is 1. The number of nitrogens with zero attached hydrogens (tertiary/aromatic N) is 2. The number of rotatable bonds is 5. The van der Waals surface area contributed by atoms with Crippen molar-refractivity contribution in [3.63, 3.8) is 0 Å². The fourth-order valence-corrected chi connectivity index (χ4v) is 4.04. The predicted octanol–water partition coefficient (Wildman–Crippen LogP) is 3.71. The lowest BCUT2D eigenvalue weighted by molar-refractivity contribution is 0.0694. The van der Waals surface area contributed by atoms with E-state index in [2.05, 4.69) is 19.9 Å². The van der Waals surface area contributed by atoms with Crippen molar-refractivity contribution >= 4 is 17.1 Å². The minimum absolute atomic E-state index is 0.0565. The average molecular weight is 432 g/mol. The molecule has 0 atom stereocenters. The summed E-state index contributed by atoms with van der Waals surface area (Å²) in [6.07, 6.45) is 5.54. The van der Waals surface area contributed by atoms with E-state index in [1.807, 2.05) is 6.07 Å². The number of carboxylic acid groups (broad SMARTS) is 1. The van der Waals surface area contributed by atoms with Gasteiger partial charge in [0.1, 0.15) is 22.9 Å². The van der Waals surface area contributed by atoms with Crippen molar-refractivity contribution in [3.05, 3.63) is 58.6 Å². The maximum absolute atomic E-state index is 12.4. The molecule has 0 saturated heterocycles. The monoisotopic (exact) mass is 432 g/mol. The Labute approximate surface area is 181 Å². The van der Waals surface area contributed by atoms with Crippen LogP contribution in [-0.4, -0.2) is 42.2 Å². The molecule has 9 heteroatoms. The summed E-state index contributed by atoms with van der Waals surface area (Å²) in [5, 5.41) is 19.2. The van der Waals surface area contributed by atoms with Gasteiger partial charge in [0.05, 0.1) is 18.0 Å². The molecular weight excluding hydrogens is 412 g/mol. The van der Waals surface area contributed by atoms with Crippen LogP contribution in [0.1, 0.15) is 36.0 Å². The number of aromatic amines is 2. The van der Waals surface area contributed by atoms with Crippen molar-refractivity contribution in [2.24, 2.45) is 0 Å². The van der Waals surface area contributed by atoms with Crippen molar-refractivity contribution in [2.75, 3.05) is 0 Å². The van der Waals surface area contributed by atoms with Gasteiger partial charge in [0.25, 0.3) is 5.56 Å². The fraction of sp³-hybridized carbons (Fsp3) is 0.217. The number of ether oxygens (including phenoxy) is 1. The number of aromatic carboxylic acids is 1. The molecule has 4 N–H and O–H groups in total. The molecule has 5 rings (SSSR count). The van der Waals surface area contributed by atoms with E-state index in [1.54, 1.807) is 18.2 Å². The summed E-state index contributed by atoms with van der Waals surface area (Å²) < 4.78 is 6.30. The highest BCUT2D eigenvalue weighted by atomic mass is 16.5. The summed E-state index contributed by atoms with van der Waals surface area (Å²) >= 11 is 0. The van der Waals surface area contributed by atoms with E-state index in [0.29, 0.717) is 33.9 Å². The second-order valence-corrected chi connectivity index (χ2v) is 7.79. The molecule has 9 nitrogen and oxygen atoms in total. The number of carbonyl (C=O) groups is 1. The highest BCUT2D eigenvalue weighted by Gasteiger charge is 2.21. The number of fused-ring (bicyclic) bond motifs is 1.